The van der Waals surface area contributed by atoms with Gasteiger partial charge in [0.15, 0.2) is 11.5 Å². The van der Waals surface area contributed by atoms with Crippen LogP contribution >= 0.6 is 0 Å². The topological polar surface area (TPSA) is 56.4 Å². The van der Waals surface area contributed by atoms with E-state index >= 15 is 0 Å². The molecule has 0 unspecified atom stereocenters. The van der Waals surface area contributed by atoms with Crippen LogP contribution in [-0.4, -0.2) is 23.2 Å². The van der Waals surface area contributed by atoms with Crippen molar-refractivity contribution in [2.24, 2.45) is 0 Å². The van der Waals surface area contributed by atoms with Gasteiger partial charge in [-0.25, -0.2) is 4.98 Å². The van der Waals surface area contributed by atoms with Crippen LogP contribution in [0.3, 0.4) is 0 Å². The fourth-order valence-corrected chi connectivity index (χ4v) is 2.67. The van der Waals surface area contributed by atoms with E-state index in [-0.39, 0.29) is 0 Å². The van der Waals surface area contributed by atoms with E-state index in [0.29, 0.717) is 19.8 Å². The molecule has 5 nitrogen and oxygen atoms in total. The van der Waals surface area contributed by atoms with Crippen molar-refractivity contribution in [1.29, 1.82) is 0 Å². The second-order valence-electron chi connectivity index (χ2n) is 5.49. The van der Waals surface area contributed by atoms with Gasteiger partial charge in [0.1, 0.15) is 31.4 Å². The number of nitrogens with one attached hydrogen (secondary N) is 1. The lowest BCUT2D eigenvalue weighted by Gasteiger charge is -2.17. The van der Waals surface area contributed by atoms with E-state index in [2.05, 4.69) is 29.0 Å². The molecular weight excluding hydrogens is 292 g/mol. The minimum absolute atomic E-state index is 0.397. The second kappa shape index (κ2) is 5.83. The first-order valence-corrected chi connectivity index (χ1v) is 7.82. The number of fused-ring (bicyclic) bond motifs is 2. The number of aromatic amines is 1. The normalized spacial score (nSPS) is 13.3. The number of aryl methyl sites for hydroxylation is 1. The van der Waals surface area contributed by atoms with Gasteiger partial charge in [-0.05, 0) is 24.1 Å². The molecule has 1 aromatic heterocycles. The Morgan fingerprint density at radius 1 is 1.13 bits per heavy atom. The van der Waals surface area contributed by atoms with Gasteiger partial charge in [-0.3, -0.25) is 0 Å². The smallest absolute Gasteiger partial charge is 0.163 e. The second-order valence-corrected chi connectivity index (χ2v) is 5.49. The molecule has 2 aromatic carbocycles. The predicted molar refractivity (Wildman–Crippen MR) is 87.2 cm³/mol. The Labute approximate surface area is 134 Å². The highest BCUT2D eigenvalue weighted by atomic mass is 16.6. The highest BCUT2D eigenvalue weighted by Crippen LogP contribution is 2.33. The van der Waals surface area contributed by atoms with Crippen LogP contribution in [0.2, 0.25) is 0 Å². The molecule has 0 fully saturated rings. The molecule has 0 bridgehead atoms. The van der Waals surface area contributed by atoms with Crippen LogP contribution in [0.25, 0.3) is 11.0 Å². The molecule has 1 N–H and O–H groups in total. The van der Waals surface area contributed by atoms with Gasteiger partial charge < -0.3 is 19.2 Å². The van der Waals surface area contributed by atoms with Crippen LogP contribution in [0.1, 0.15) is 18.3 Å². The van der Waals surface area contributed by atoms with E-state index in [0.717, 1.165) is 40.5 Å². The van der Waals surface area contributed by atoms with E-state index in [1.807, 2.05) is 24.3 Å². The molecule has 23 heavy (non-hydrogen) atoms. The highest BCUT2D eigenvalue weighted by molar-refractivity contribution is 5.79. The van der Waals surface area contributed by atoms with Crippen molar-refractivity contribution in [1.82, 2.24) is 9.97 Å². The third-order valence-corrected chi connectivity index (χ3v) is 3.88. The number of rotatable bonds is 4. The molecule has 0 saturated carbocycles. The highest BCUT2D eigenvalue weighted by Gasteiger charge is 2.15. The lowest BCUT2D eigenvalue weighted by molar-refractivity contribution is 0.172. The van der Waals surface area contributed by atoms with Crippen molar-refractivity contribution in [2.75, 3.05) is 13.2 Å². The van der Waals surface area contributed by atoms with Gasteiger partial charge in [0.2, 0.25) is 0 Å². The van der Waals surface area contributed by atoms with Crippen LogP contribution in [0, 0.1) is 0 Å². The zero-order valence-corrected chi connectivity index (χ0v) is 13.0. The Bertz CT molecular complexity index is 798. The number of nitrogens with zero attached hydrogens (tertiary/aromatic N) is 1. The molecule has 0 aliphatic carbocycles. The first-order valence-electron chi connectivity index (χ1n) is 7.82. The summed E-state index contributed by atoms with van der Waals surface area (Å²) in [6, 6.07) is 12.0. The molecule has 1 aliphatic rings. The van der Waals surface area contributed by atoms with Gasteiger partial charge >= 0.3 is 0 Å². The molecule has 5 heteroatoms. The van der Waals surface area contributed by atoms with E-state index in [1.165, 1.54) is 5.56 Å². The maximum absolute atomic E-state index is 5.83. The number of hydrogen-bond donors (Lipinski definition) is 1. The van der Waals surface area contributed by atoms with Crippen molar-refractivity contribution >= 4 is 11.0 Å². The standard InChI is InChI=1S/C18H18N2O3/c1-2-12-4-3-5-13(8-12)23-11-18-19-14-9-16-17(10-15(14)20-18)22-7-6-21-16/h3-5,8-10H,2,6-7,11H2,1H3,(H,19,20). The predicted octanol–water partition coefficient (Wildman–Crippen LogP) is 3.48. The average molecular weight is 310 g/mol. The molecule has 0 spiro atoms. The van der Waals surface area contributed by atoms with E-state index in [9.17, 15) is 0 Å². The molecule has 0 saturated heterocycles. The number of ether oxygens (including phenoxy) is 3. The summed E-state index contributed by atoms with van der Waals surface area (Å²) in [6.45, 7) is 3.68. The average Bonchev–Trinajstić information content (AvgIpc) is 2.99. The lowest BCUT2D eigenvalue weighted by Crippen LogP contribution is -2.15. The number of hydrogen-bond acceptors (Lipinski definition) is 4. The molecule has 118 valence electrons. The van der Waals surface area contributed by atoms with Gasteiger partial charge in [0.05, 0.1) is 11.0 Å². The molecule has 4 rings (SSSR count). The Hall–Kier alpha value is -2.69. The monoisotopic (exact) mass is 310 g/mol. The summed E-state index contributed by atoms with van der Waals surface area (Å²) in [5.41, 5.74) is 3.04. The Morgan fingerprint density at radius 2 is 1.96 bits per heavy atom. The van der Waals surface area contributed by atoms with Crippen LogP contribution in [0.15, 0.2) is 36.4 Å². The fourth-order valence-electron chi connectivity index (χ4n) is 2.67. The van der Waals surface area contributed by atoms with Crippen molar-refractivity contribution in [3.63, 3.8) is 0 Å². The minimum atomic E-state index is 0.397. The molecular formula is C18H18N2O3. The number of H-pyrrole nitrogens is 1. The molecule has 1 aliphatic heterocycles. The van der Waals surface area contributed by atoms with Gasteiger partial charge in [0, 0.05) is 12.1 Å². The van der Waals surface area contributed by atoms with E-state index in [4.69, 9.17) is 14.2 Å². The van der Waals surface area contributed by atoms with Gasteiger partial charge in [-0.2, -0.15) is 0 Å². The van der Waals surface area contributed by atoms with Crippen LogP contribution in [0.4, 0.5) is 0 Å². The zero-order valence-electron chi connectivity index (χ0n) is 13.0. The quantitative estimate of drug-likeness (QED) is 0.801. The summed E-state index contributed by atoms with van der Waals surface area (Å²) in [5, 5.41) is 0. The summed E-state index contributed by atoms with van der Waals surface area (Å²) >= 11 is 0. The van der Waals surface area contributed by atoms with Crippen LogP contribution in [-0.2, 0) is 13.0 Å². The van der Waals surface area contributed by atoms with Crippen molar-refractivity contribution in [3.05, 3.63) is 47.8 Å². The summed E-state index contributed by atoms with van der Waals surface area (Å²) in [5.74, 6) is 3.15. The third-order valence-electron chi connectivity index (χ3n) is 3.88. The summed E-state index contributed by atoms with van der Waals surface area (Å²) in [4.78, 5) is 7.84. The SMILES string of the molecule is CCc1cccc(OCc2nc3cc4c(cc3[nH]2)OCCO4)c1. The minimum Gasteiger partial charge on any atom is -0.486 e. The lowest BCUT2D eigenvalue weighted by atomic mass is 10.2. The maximum atomic E-state index is 5.83. The van der Waals surface area contributed by atoms with E-state index < -0.39 is 0 Å². The Kier molecular flexibility index (Phi) is 3.54. The van der Waals surface area contributed by atoms with Gasteiger partial charge in [-0.15, -0.1) is 0 Å². The summed E-state index contributed by atoms with van der Waals surface area (Å²) < 4.78 is 17.0. The Balaban J connectivity index is 1.54. The van der Waals surface area contributed by atoms with Gasteiger partial charge in [0.25, 0.3) is 0 Å². The number of benzene rings is 2. The first kappa shape index (κ1) is 13.9. The summed E-state index contributed by atoms with van der Waals surface area (Å²) in [6.07, 6.45) is 0.993. The van der Waals surface area contributed by atoms with Crippen LogP contribution in [0.5, 0.6) is 17.2 Å². The molecule has 0 radical (unpaired) electrons. The number of imidazole rings is 1. The Morgan fingerprint density at radius 3 is 2.78 bits per heavy atom. The van der Waals surface area contributed by atoms with Crippen molar-refractivity contribution in [2.45, 2.75) is 20.0 Å². The molecule has 0 amide bonds. The van der Waals surface area contributed by atoms with Crippen molar-refractivity contribution in [3.8, 4) is 17.2 Å². The summed E-state index contributed by atoms with van der Waals surface area (Å²) in [7, 11) is 0. The molecule has 2 heterocycles. The fraction of sp³-hybridized carbons (Fsp3) is 0.278. The number of aromatic nitrogens is 2. The molecule has 3 aromatic rings. The third kappa shape index (κ3) is 2.82. The van der Waals surface area contributed by atoms with Crippen molar-refractivity contribution < 1.29 is 14.2 Å². The maximum Gasteiger partial charge on any atom is 0.163 e. The molecule has 0 atom stereocenters. The van der Waals surface area contributed by atoms with Gasteiger partial charge in [-0.1, -0.05) is 19.1 Å². The zero-order chi connectivity index (χ0) is 15.6. The van der Waals surface area contributed by atoms with Crippen LogP contribution < -0.4 is 14.2 Å². The first-order chi connectivity index (χ1) is 11.3. The largest absolute Gasteiger partial charge is 0.486 e. The van der Waals surface area contributed by atoms with E-state index in [1.54, 1.807) is 0 Å².